The Bertz CT molecular complexity index is 450. The average Bonchev–Trinajstić information content (AvgIpc) is 2.48. The van der Waals surface area contributed by atoms with Crippen molar-refractivity contribution in [2.24, 2.45) is 5.73 Å². The molecule has 4 heteroatoms. The van der Waals surface area contributed by atoms with E-state index >= 15 is 0 Å². The van der Waals surface area contributed by atoms with Crippen LogP contribution in [0, 0.1) is 0 Å². The van der Waals surface area contributed by atoms with E-state index in [9.17, 15) is 4.79 Å². The van der Waals surface area contributed by atoms with E-state index in [1.807, 2.05) is 17.9 Å². The van der Waals surface area contributed by atoms with Crippen LogP contribution in [0.15, 0.2) is 30.3 Å². The molecule has 0 saturated carbocycles. The third-order valence-corrected chi connectivity index (χ3v) is 4.17. The van der Waals surface area contributed by atoms with Gasteiger partial charge in [0, 0.05) is 32.7 Å². The van der Waals surface area contributed by atoms with Crippen molar-refractivity contribution < 1.29 is 4.79 Å². The summed E-state index contributed by atoms with van der Waals surface area (Å²) in [6.45, 7) is 8.28. The van der Waals surface area contributed by atoms with Crippen LogP contribution in [0.4, 0.5) is 0 Å². The standard InChI is InChI=1S/C17H27N3O/c1-3-9-17(2,18)16(21)20-12-10-19(11-13-20)14-15-7-5-4-6-8-15/h4-8H,3,9-14,18H2,1-2H3. The molecule has 1 heterocycles. The van der Waals surface area contributed by atoms with Gasteiger partial charge in [0.25, 0.3) is 0 Å². The largest absolute Gasteiger partial charge is 0.339 e. The molecule has 1 unspecified atom stereocenters. The Hall–Kier alpha value is -1.39. The van der Waals surface area contributed by atoms with Gasteiger partial charge in [-0.25, -0.2) is 0 Å². The molecule has 0 bridgehead atoms. The molecule has 1 aliphatic heterocycles. The Morgan fingerprint density at radius 1 is 1.19 bits per heavy atom. The van der Waals surface area contributed by atoms with Crippen molar-refractivity contribution in [1.82, 2.24) is 9.80 Å². The van der Waals surface area contributed by atoms with Gasteiger partial charge in [0.05, 0.1) is 5.54 Å². The first kappa shape index (κ1) is 16.0. The topological polar surface area (TPSA) is 49.6 Å². The smallest absolute Gasteiger partial charge is 0.242 e. The maximum absolute atomic E-state index is 12.5. The van der Waals surface area contributed by atoms with Crippen LogP contribution in [-0.2, 0) is 11.3 Å². The van der Waals surface area contributed by atoms with Crippen LogP contribution < -0.4 is 5.73 Å². The number of benzene rings is 1. The van der Waals surface area contributed by atoms with Crippen molar-refractivity contribution in [2.75, 3.05) is 26.2 Å². The molecule has 0 aliphatic carbocycles. The summed E-state index contributed by atoms with van der Waals surface area (Å²) >= 11 is 0. The third-order valence-electron chi connectivity index (χ3n) is 4.17. The predicted molar refractivity (Wildman–Crippen MR) is 85.8 cm³/mol. The summed E-state index contributed by atoms with van der Waals surface area (Å²) < 4.78 is 0. The van der Waals surface area contributed by atoms with E-state index in [2.05, 4.69) is 36.1 Å². The van der Waals surface area contributed by atoms with Crippen molar-refractivity contribution >= 4 is 5.91 Å². The highest BCUT2D eigenvalue weighted by Crippen LogP contribution is 2.15. The Kier molecular flexibility index (Phi) is 5.37. The number of rotatable bonds is 5. The molecule has 0 radical (unpaired) electrons. The number of carbonyl (C=O) groups excluding carboxylic acids is 1. The summed E-state index contributed by atoms with van der Waals surface area (Å²) in [5.41, 5.74) is 6.77. The number of amides is 1. The molecule has 2 N–H and O–H groups in total. The van der Waals surface area contributed by atoms with Crippen LogP contribution in [0.1, 0.15) is 32.3 Å². The van der Waals surface area contributed by atoms with E-state index in [0.29, 0.717) is 0 Å². The number of nitrogens with zero attached hydrogens (tertiary/aromatic N) is 2. The second-order valence-electron chi connectivity index (χ2n) is 6.22. The first-order valence-corrected chi connectivity index (χ1v) is 7.87. The maximum atomic E-state index is 12.5. The molecule has 0 spiro atoms. The van der Waals surface area contributed by atoms with Gasteiger partial charge in [0.2, 0.25) is 5.91 Å². The van der Waals surface area contributed by atoms with Crippen LogP contribution in [0.3, 0.4) is 0 Å². The zero-order valence-corrected chi connectivity index (χ0v) is 13.2. The Morgan fingerprint density at radius 3 is 2.38 bits per heavy atom. The van der Waals surface area contributed by atoms with Gasteiger partial charge in [-0.3, -0.25) is 9.69 Å². The first-order valence-electron chi connectivity index (χ1n) is 7.87. The lowest BCUT2D eigenvalue weighted by Gasteiger charge is -2.38. The van der Waals surface area contributed by atoms with Gasteiger partial charge in [-0.15, -0.1) is 0 Å². The highest BCUT2D eigenvalue weighted by atomic mass is 16.2. The number of piperazine rings is 1. The average molecular weight is 289 g/mol. The summed E-state index contributed by atoms with van der Waals surface area (Å²) in [4.78, 5) is 16.8. The maximum Gasteiger partial charge on any atom is 0.242 e. The zero-order valence-electron chi connectivity index (χ0n) is 13.2. The van der Waals surface area contributed by atoms with Gasteiger partial charge in [0.1, 0.15) is 0 Å². The third kappa shape index (κ3) is 4.29. The summed E-state index contributed by atoms with van der Waals surface area (Å²) in [5, 5.41) is 0. The van der Waals surface area contributed by atoms with Crippen LogP contribution in [-0.4, -0.2) is 47.4 Å². The van der Waals surface area contributed by atoms with Crippen LogP contribution in [0.2, 0.25) is 0 Å². The van der Waals surface area contributed by atoms with Crippen LogP contribution in [0.5, 0.6) is 0 Å². The number of hydrogen-bond acceptors (Lipinski definition) is 3. The molecule has 21 heavy (non-hydrogen) atoms. The zero-order chi connectivity index (χ0) is 15.3. The van der Waals surface area contributed by atoms with Crippen molar-refractivity contribution in [3.63, 3.8) is 0 Å². The van der Waals surface area contributed by atoms with Gasteiger partial charge in [-0.1, -0.05) is 43.7 Å². The SMILES string of the molecule is CCCC(C)(N)C(=O)N1CCN(Cc2ccccc2)CC1. The molecule has 0 aromatic heterocycles. The molecule has 2 rings (SSSR count). The fourth-order valence-corrected chi connectivity index (χ4v) is 2.94. The van der Waals surface area contributed by atoms with E-state index in [0.717, 1.165) is 45.6 Å². The Balaban J connectivity index is 1.84. The minimum atomic E-state index is -0.712. The van der Waals surface area contributed by atoms with E-state index in [-0.39, 0.29) is 5.91 Å². The van der Waals surface area contributed by atoms with Gasteiger partial charge in [0.15, 0.2) is 0 Å². The molecule has 1 fully saturated rings. The fourth-order valence-electron chi connectivity index (χ4n) is 2.94. The lowest BCUT2D eigenvalue weighted by molar-refractivity contribution is -0.138. The minimum Gasteiger partial charge on any atom is -0.339 e. The second-order valence-corrected chi connectivity index (χ2v) is 6.22. The summed E-state index contributed by atoms with van der Waals surface area (Å²) in [7, 11) is 0. The summed E-state index contributed by atoms with van der Waals surface area (Å²) in [6.07, 6.45) is 1.68. The minimum absolute atomic E-state index is 0.101. The normalized spacial score (nSPS) is 19.3. The molecule has 1 aromatic rings. The lowest BCUT2D eigenvalue weighted by Crippen LogP contribution is -2.58. The van der Waals surface area contributed by atoms with E-state index in [4.69, 9.17) is 5.73 Å². The van der Waals surface area contributed by atoms with Crippen LogP contribution >= 0.6 is 0 Å². The van der Waals surface area contributed by atoms with Crippen molar-refractivity contribution in [3.05, 3.63) is 35.9 Å². The molecule has 1 aliphatic rings. The van der Waals surface area contributed by atoms with E-state index < -0.39 is 5.54 Å². The van der Waals surface area contributed by atoms with Gasteiger partial charge in [-0.05, 0) is 18.9 Å². The molecule has 4 nitrogen and oxygen atoms in total. The first-order chi connectivity index (χ1) is 10.0. The van der Waals surface area contributed by atoms with Crippen molar-refractivity contribution in [2.45, 2.75) is 38.8 Å². The molecule has 1 saturated heterocycles. The van der Waals surface area contributed by atoms with E-state index in [1.54, 1.807) is 0 Å². The summed E-state index contributed by atoms with van der Waals surface area (Å²) in [6, 6.07) is 10.5. The highest BCUT2D eigenvalue weighted by Gasteiger charge is 2.33. The second kappa shape index (κ2) is 7.05. The van der Waals surface area contributed by atoms with Gasteiger partial charge in [-0.2, -0.15) is 0 Å². The number of carbonyl (C=O) groups is 1. The fraction of sp³-hybridized carbons (Fsp3) is 0.588. The molecular weight excluding hydrogens is 262 g/mol. The van der Waals surface area contributed by atoms with E-state index in [1.165, 1.54) is 5.56 Å². The lowest BCUT2D eigenvalue weighted by atomic mass is 9.95. The van der Waals surface area contributed by atoms with Gasteiger partial charge >= 0.3 is 0 Å². The Morgan fingerprint density at radius 2 is 1.81 bits per heavy atom. The van der Waals surface area contributed by atoms with Crippen LogP contribution in [0.25, 0.3) is 0 Å². The quantitative estimate of drug-likeness (QED) is 0.900. The molecular formula is C17H27N3O. The molecule has 116 valence electrons. The highest BCUT2D eigenvalue weighted by molar-refractivity contribution is 5.85. The van der Waals surface area contributed by atoms with Crippen molar-refractivity contribution in [3.8, 4) is 0 Å². The molecule has 1 atom stereocenters. The van der Waals surface area contributed by atoms with Gasteiger partial charge < -0.3 is 10.6 Å². The van der Waals surface area contributed by atoms with Crippen molar-refractivity contribution in [1.29, 1.82) is 0 Å². The molecule has 1 aromatic carbocycles. The Labute approximate surface area is 127 Å². The predicted octanol–water partition coefficient (Wildman–Crippen LogP) is 1.85. The number of hydrogen-bond donors (Lipinski definition) is 1. The summed E-state index contributed by atoms with van der Waals surface area (Å²) in [5.74, 6) is 0.101. The number of nitrogens with two attached hydrogens (primary N) is 1. The molecule has 1 amide bonds. The monoisotopic (exact) mass is 289 g/mol.